The summed E-state index contributed by atoms with van der Waals surface area (Å²) in [6, 6.07) is 2.09. The van der Waals surface area contributed by atoms with E-state index < -0.39 is 0 Å². The minimum Gasteiger partial charge on any atom is -0.338 e. The van der Waals surface area contributed by atoms with Gasteiger partial charge in [-0.05, 0) is 6.42 Å². The summed E-state index contributed by atoms with van der Waals surface area (Å²) in [5.41, 5.74) is 0. The van der Waals surface area contributed by atoms with Crippen LogP contribution in [0.2, 0.25) is 0 Å². The SMILES string of the molecule is CCC1SCCSC1c1noc(CSCC#N)n1. The second-order valence-electron chi connectivity index (χ2n) is 3.81. The van der Waals surface area contributed by atoms with Gasteiger partial charge in [-0.25, -0.2) is 0 Å². The number of hydrogen-bond acceptors (Lipinski definition) is 7. The van der Waals surface area contributed by atoms with E-state index in [-0.39, 0.29) is 0 Å². The average molecular weight is 301 g/mol. The third kappa shape index (κ3) is 3.59. The van der Waals surface area contributed by atoms with Gasteiger partial charge in [-0.15, -0.1) is 23.5 Å². The molecule has 0 bridgehead atoms. The molecule has 4 nitrogen and oxygen atoms in total. The van der Waals surface area contributed by atoms with E-state index in [1.54, 1.807) is 0 Å². The second-order valence-corrected chi connectivity index (χ2v) is 7.39. The van der Waals surface area contributed by atoms with Crippen molar-refractivity contribution >= 4 is 35.3 Å². The molecule has 1 aliphatic heterocycles. The first kappa shape index (κ1) is 14.1. The monoisotopic (exact) mass is 301 g/mol. The Labute approximate surface area is 120 Å². The highest BCUT2D eigenvalue weighted by atomic mass is 32.2. The molecule has 0 aliphatic carbocycles. The van der Waals surface area contributed by atoms with Crippen molar-refractivity contribution in [3.8, 4) is 6.07 Å². The summed E-state index contributed by atoms with van der Waals surface area (Å²) in [6.45, 7) is 2.21. The average Bonchev–Trinajstić information content (AvgIpc) is 2.88. The highest BCUT2D eigenvalue weighted by Crippen LogP contribution is 2.42. The van der Waals surface area contributed by atoms with Crippen LogP contribution in [-0.2, 0) is 5.75 Å². The molecule has 0 amide bonds. The van der Waals surface area contributed by atoms with Gasteiger partial charge in [-0.3, -0.25) is 0 Å². The van der Waals surface area contributed by atoms with E-state index in [1.165, 1.54) is 17.5 Å². The Kier molecular flexibility index (Phi) is 5.73. The van der Waals surface area contributed by atoms with Crippen LogP contribution in [0.25, 0.3) is 0 Å². The fourth-order valence-corrected chi connectivity index (χ4v) is 5.24. The van der Waals surface area contributed by atoms with Crippen molar-refractivity contribution in [2.75, 3.05) is 17.3 Å². The maximum atomic E-state index is 8.48. The van der Waals surface area contributed by atoms with Crippen molar-refractivity contribution in [1.29, 1.82) is 5.26 Å². The summed E-state index contributed by atoms with van der Waals surface area (Å²) < 4.78 is 5.24. The molecule has 0 aromatic carbocycles. The predicted octanol–water partition coefficient (Wildman–Crippen LogP) is 3.13. The maximum Gasteiger partial charge on any atom is 0.236 e. The quantitative estimate of drug-likeness (QED) is 0.774. The van der Waals surface area contributed by atoms with Crippen LogP contribution in [0.1, 0.15) is 30.3 Å². The standard InChI is InChI=1S/C11H15N3OS3/c1-2-8-10(18-6-5-17-8)11-13-9(15-14-11)7-16-4-3-12/h8,10H,2,4-7H2,1H3. The van der Waals surface area contributed by atoms with Crippen LogP contribution in [0.4, 0.5) is 0 Å². The second kappa shape index (κ2) is 7.31. The number of nitriles is 1. The zero-order chi connectivity index (χ0) is 12.8. The summed E-state index contributed by atoms with van der Waals surface area (Å²) >= 11 is 5.44. The summed E-state index contributed by atoms with van der Waals surface area (Å²) in [5.74, 6) is 4.91. The molecular formula is C11H15N3OS3. The molecule has 0 saturated carbocycles. The lowest BCUT2D eigenvalue weighted by molar-refractivity contribution is 0.384. The Bertz CT molecular complexity index is 418. The van der Waals surface area contributed by atoms with E-state index in [0.29, 0.717) is 27.9 Å². The minimum atomic E-state index is 0.354. The molecule has 98 valence electrons. The third-order valence-corrected chi connectivity index (χ3v) is 6.61. The van der Waals surface area contributed by atoms with E-state index in [1.807, 2.05) is 23.5 Å². The first-order chi connectivity index (χ1) is 8.85. The van der Waals surface area contributed by atoms with Crippen LogP contribution in [0, 0.1) is 11.3 Å². The van der Waals surface area contributed by atoms with Gasteiger partial charge in [0.25, 0.3) is 0 Å². The number of rotatable bonds is 5. The molecule has 0 spiro atoms. The molecule has 1 aromatic rings. The van der Waals surface area contributed by atoms with Crippen molar-refractivity contribution in [3.63, 3.8) is 0 Å². The van der Waals surface area contributed by atoms with E-state index in [2.05, 4.69) is 23.1 Å². The van der Waals surface area contributed by atoms with Gasteiger partial charge in [0.2, 0.25) is 5.89 Å². The predicted molar refractivity (Wildman–Crippen MR) is 77.8 cm³/mol. The fraction of sp³-hybridized carbons (Fsp3) is 0.727. The van der Waals surface area contributed by atoms with Crippen molar-refractivity contribution < 1.29 is 4.52 Å². The summed E-state index contributed by atoms with van der Waals surface area (Å²) in [7, 11) is 0. The minimum absolute atomic E-state index is 0.354. The summed E-state index contributed by atoms with van der Waals surface area (Å²) in [4.78, 5) is 4.46. The van der Waals surface area contributed by atoms with Gasteiger partial charge < -0.3 is 4.52 Å². The van der Waals surface area contributed by atoms with Crippen LogP contribution in [0.5, 0.6) is 0 Å². The van der Waals surface area contributed by atoms with Crippen LogP contribution in [-0.4, -0.2) is 32.6 Å². The molecule has 2 rings (SSSR count). The smallest absolute Gasteiger partial charge is 0.236 e. The molecule has 1 aromatic heterocycles. The van der Waals surface area contributed by atoms with Crippen molar-refractivity contribution in [2.24, 2.45) is 0 Å². The summed E-state index contributed by atoms with van der Waals surface area (Å²) in [6.07, 6.45) is 1.13. The van der Waals surface area contributed by atoms with Gasteiger partial charge in [0.15, 0.2) is 5.82 Å². The Hall–Kier alpha value is -0.320. The van der Waals surface area contributed by atoms with E-state index >= 15 is 0 Å². The van der Waals surface area contributed by atoms with Crippen LogP contribution < -0.4 is 0 Å². The lowest BCUT2D eigenvalue weighted by Gasteiger charge is -2.27. The molecule has 0 radical (unpaired) electrons. The van der Waals surface area contributed by atoms with E-state index in [0.717, 1.165) is 18.0 Å². The molecule has 2 unspecified atom stereocenters. The van der Waals surface area contributed by atoms with Crippen LogP contribution in [0.3, 0.4) is 0 Å². The number of thioether (sulfide) groups is 3. The van der Waals surface area contributed by atoms with Gasteiger partial charge in [-0.1, -0.05) is 12.1 Å². The molecule has 2 heterocycles. The lowest BCUT2D eigenvalue weighted by atomic mass is 10.2. The topological polar surface area (TPSA) is 62.7 Å². The molecule has 7 heteroatoms. The highest BCUT2D eigenvalue weighted by Gasteiger charge is 2.30. The zero-order valence-electron chi connectivity index (χ0n) is 10.2. The largest absolute Gasteiger partial charge is 0.338 e. The number of aromatic nitrogens is 2. The molecule has 2 atom stereocenters. The Morgan fingerprint density at radius 1 is 1.50 bits per heavy atom. The van der Waals surface area contributed by atoms with Crippen molar-refractivity contribution in [2.45, 2.75) is 29.6 Å². The molecule has 1 fully saturated rings. The first-order valence-electron chi connectivity index (χ1n) is 5.85. The molecule has 0 N–H and O–H groups in total. The third-order valence-electron chi connectivity index (χ3n) is 2.58. The zero-order valence-corrected chi connectivity index (χ0v) is 12.6. The van der Waals surface area contributed by atoms with Gasteiger partial charge >= 0.3 is 0 Å². The molecule has 18 heavy (non-hydrogen) atoms. The summed E-state index contributed by atoms with van der Waals surface area (Å²) in [5, 5.41) is 13.5. The van der Waals surface area contributed by atoms with Crippen molar-refractivity contribution in [1.82, 2.24) is 10.1 Å². The van der Waals surface area contributed by atoms with Crippen LogP contribution >= 0.6 is 35.3 Å². The van der Waals surface area contributed by atoms with Gasteiger partial charge in [-0.2, -0.15) is 22.0 Å². The maximum absolute atomic E-state index is 8.48. The van der Waals surface area contributed by atoms with Gasteiger partial charge in [0.05, 0.1) is 22.8 Å². The first-order valence-corrected chi connectivity index (χ1v) is 9.10. The van der Waals surface area contributed by atoms with E-state index in [4.69, 9.17) is 9.78 Å². The van der Waals surface area contributed by atoms with Crippen molar-refractivity contribution in [3.05, 3.63) is 11.7 Å². The normalized spacial score (nSPS) is 23.8. The van der Waals surface area contributed by atoms with E-state index in [9.17, 15) is 0 Å². The van der Waals surface area contributed by atoms with Gasteiger partial charge in [0, 0.05) is 16.8 Å². The number of nitrogens with zero attached hydrogens (tertiary/aromatic N) is 3. The molecule has 1 aliphatic rings. The number of hydrogen-bond donors (Lipinski definition) is 0. The van der Waals surface area contributed by atoms with Crippen LogP contribution in [0.15, 0.2) is 4.52 Å². The fourth-order valence-electron chi connectivity index (χ4n) is 1.77. The van der Waals surface area contributed by atoms with Gasteiger partial charge in [0.1, 0.15) is 0 Å². The Morgan fingerprint density at radius 2 is 2.33 bits per heavy atom. The molecule has 1 saturated heterocycles. The lowest BCUT2D eigenvalue weighted by Crippen LogP contribution is -2.19. The Balaban J connectivity index is 1.97. The highest BCUT2D eigenvalue weighted by molar-refractivity contribution is 8.06. The molecular weight excluding hydrogens is 286 g/mol. The Morgan fingerprint density at radius 3 is 3.11 bits per heavy atom.